The Morgan fingerprint density at radius 1 is 1.32 bits per heavy atom. The van der Waals surface area contributed by atoms with E-state index in [1.807, 2.05) is 42.5 Å². The zero-order valence-electron chi connectivity index (χ0n) is 10.8. The standard InChI is InChI=1S/C15H18N2O2/c18-14(17-13-8-4-2-5-9-13)10-6-1-3-7-12-11-16-15(12)19/h1-5,8-9,12H,6-7,10-11H2,(H,16,19)(H,17,18)/b3-1-/t12-/m1/s1. The SMILES string of the molecule is O=C(CC/C=C\C[C@@H]1CNC1=O)Nc1ccccc1. The van der Waals surface area contributed by atoms with Gasteiger partial charge in [0.05, 0.1) is 5.92 Å². The lowest BCUT2D eigenvalue weighted by Crippen LogP contribution is -2.48. The summed E-state index contributed by atoms with van der Waals surface area (Å²) < 4.78 is 0. The fraction of sp³-hybridized carbons (Fsp3) is 0.333. The number of nitrogens with one attached hydrogen (secondary N) is 2. The van der Waals surface area contributed by atoms with Gasteiger partial charge < -0.3 is 10.6 Å². The second-order valence-electron chi connectivity index (χ2n) is 4.60. The summed E-state index contributed by atoms with van der Waals surface area (Å²) in [5.41, 5.74) is 0.822. The van der Waals surface area contributed by atoms with Crippen LogP contribution in [0.25, 0.3) is 0 Å². The molecule has 1 aromatic carbocycles. The molecule has 0 aromatic heterocycles. The summed E-state index contributed by atoms with van der Waals surface area (Å²) in [7, 11) is 0. The highest BCUT2D eigenvalue weighted by molar-refractivity contribution is 5.90. The number of rotatable bonds is 6. The minimum atomic E-state index is 0.0113. The van der Waals surface area contributed by atoms with Crippen LogP contribution in [0.1, 0.15) is 19.3 Å². The van der Waals surface area contributed by atoms with Crippen LogP contribution in [0.2, 0.25) is 0 Å². The van der Waals surface area contributed by atoms with E-state index in [1.54, 1.807) is 0 Å². The molecule has 1 atom stereocenters. The molecule has 0 aliphatic carbocycles. The lowest BCUT2D eigenvalue weighted by molar-refractivity contribution is -0.130. The van der Waals surface area contributed by atoms with E-state index in [4.69, 9.17) is 0 Å². The molecule has 1 aromatic rings. The first-order valence-electron chi connectivity index (χ1n) is 6.53. The molecular weight excluding hydrogens is 240 g/mol. The average Bonchev–Trinajstić information content (AvgIpc) is 2.42. The number of carbonyl (C=O) groups is 2. The molecule has 1 saturated heterocycles. The van der Waals surface area contributed by atoms with Gasteiger partial charge in [-0.2, -0.15) is 0 Å². The van der Waals surface area contributed by atoms with E-state index >= 15 is 0 Å². The molecule has 0 unspecified atom stereocenters. The Balaban J connectivity index is 1.61. The molecule has 1 aliphatic heterocycles. The first kappa shape index (κ1) is 13.3. The van der Waals surface area contributed by atoms with Crippen LogP contribution in [-0.2, 0) is 9.59 Å². The molecule has 100 valence electrons. The Bertz CT molecular complexity index is 468. The van der Waals surface area contributed by atoms with Gasteiger partial charge in [0.1, 0.15) is 0 Å². The van der Waals surface area contributed by atoms with Crippen LogP contribution in [0.3, 0.4) is 0 Å². The van der Waals surface area contributed by atoms with Crippen LogP contribution >= 0.6 is 0 Å². The average molecular weight is 258 g/mol. The van der Waals surface area contributed by atoms with Gasteiger partial charge in [-0.25, -0.2) is 0 Å². The molecular formula is C15H18N2O2. The first-order chi connectivity index (χ1) is 9.25. The summed E-state index contributed by atoms with van der Waals surface area (Å²) in [6, 6.07) is 9.42. The number of hydrogen-bond acceptors (Lipinski definition) is 2. The predicted molar refractivity (Wildman–Crippen MR) is 74.6 cm³/mol. The Morgan fingerprint density at radius 3 is 2.74 bits per heavy atom. The van der Waals surface area contributed by atoms with E-state index in [2.05, 4.69) is 10.6 Å². The lowest BCUT2D eigenvalue weighted by Gasteiger charge is -2.24. The number of carbonyl (C=O) groups excluding carboxylic acids is 2. The zero-order valence-corrected chi connectivity index (χ0v) is 10.8. The summed E-state index contributed by atoms with van der Waals surface area (Å²) >= 11 is 0. The first-order valence-corrected chi connectivity index (χ1v) is 6.53. The Morgan fingerprint density at radius 2 is 2.11 bits per heavy atom. The number of anilines is 1. The van der Waals surface area contributed by atoms with Crippen molar-refractivity contribution in [2.24, 2.45) is 5.92 Å². The van der Waals surface area contributed by atoms with Crippen LogP contribution < -0.4 is 10.6 Å². The van der Waals surface area contributed by atoms with Crippen molar-refractivity contribution in [1.29, 1.82) is 0 Å². The Kier molecular flexibility index (Phi) is 4.72. The lowest BCUT2D eigenvalue weighted by atomic mass is 9.98. The molecule has 1 heterocycles. The maximum atomic E-state index is 11.6. The summed E-state index contributed by atoms with van der Waals surface area (Å²) in [6.07, 6.45) is 5.89. The highest BCUT2D eigenvalue weighted by atomic mass is 16.2. The van der Waals surface area contributed by atoms with Gasteiger partial charge in [-0.1, -0.05) is 30.4 Å². The van der Waals surface area contributed by atoms with Crippen molar-refractivity contribution >= 4 is 17.5 Å². The van der Waals surface area contributed by atoms with Gasteiger partial charge >= 0.3 is 0 Å². The van der Waals surface area contributed by atoms with Crippen molar-refractivity contribution in [2.75, 3.05) is 11.9 Å². The smallest absolute Gasteiger partial charge is 0.225 e. The third kappa shape index (κ3) is 4.25. The van der Waals surface area contributed by atoms with Crippen LogP contribution in [-0.4, -0.2) is 18.4 Å². The molecule has 0 saturated carbocycles. The fourth-order valence-corrected chi connectivity index (χ4v) is 1.86. The summed E-state index contributed by atoms with van der Waals surface area (Å²) in [5, 5.41) is 5.54. The van der Waals surface area contributed by atoms with Crippen LogP contribution in [0.5, 0.6) is 0 Å². The molecule has 1 fully saturated rings. The van der Waals surface area contributed by atoms with E-state index in [0.29, 0.717) is 12.8 Å². The number of allylic oxidation sites excluding steroid dienone is 2. The fourth-order valence-electron chi connectivity index (χ4n) is 1.86. The number of β-lactam (4-membered cyclic amide) rings is 1. The highest BCUT2D eigenvalue weighted by Crippen LogP contribution is 2.11. The van der Waals surface area contributed by atoms with Crippen molar-refractivity contribution in [2.45, 2.75) is 19.3 Å². The van der Waals surface area contributed by atoms with E-state index < -0.39 is 0 Å². The van der Waals surface area contributed by atoms with Gasteiger partial charge in [0.2, 0.25) is 11.8 Å². The molecule has 2 rings (SSSR count). The van der Waals surface area contributed by atoms with Crippen molar-refractivity contribution in [1.82, 2.24) is 5.32 Å². The predicted octanol–water partition coefficient (Wildman–Crippen LogP) is 2.10. The molecule has 4 nitrogen and oxygen atoms in total. The van der Waals surface area contributed by atoms with E-state index in [-0.39, 0.29) is 17.7 Å². The maximum absolute atomic E-state index is 11.6. The molecule has 0 bridgehead atoms. The third-order valence-corrected chi connectivity index (χ3v) is 3.08. The van der Waals surface area contributed by atoms with Gasteiger partial charge in [0, 0.05) is 18.7 Å². The van der Waals surface area contributed by atoms with Gasteiger partial charge in [-0.3, -0.25) is 9.59 Å². The van der Waals surface area contributed by atoms with Crippen LogP contribution in [0.15, 0.2) is 42.5 Å². The Labute approximate surface area is 112 Å². The van der Waals surface area contributed by atoms with Crippen molar-refractivity contribution < 1.29 is 9.59 Å². The second-order valence-corrected chi connectivity index (χ2v) is 4.60. The molecule has 0 spiro atoms. The number of para-hydroxylation sites is 1. The Hall–Kier alpha value is -2.10. The number of amides is 2. The molecule has 1 aliphatic rings. The van der Waals surface area contributed by atoms with Crippen LogP contribution in [0.4, 0.5) is 5.69 Å². The molecule has 0 radical (unpaired) electrons. The third-order valence-electron chi connectivity index (χ3n) is 3.08. The maximum Gasteiger partial charge on any atom is 0.225 e. The van der Waals surface area contributed by atoms with Crippen molar-refractivity contribution in [3.05, 3.63) is 42.5 Å². The van der Waals surface area contributed by atoms with Crippen molar-refractivity contribution in [3.63, 3.8) is 0 Å². The monoisotopic (exact) mass is 258 g/mol. The minimum absolute atomic E-state index is 0.0113. The van der Waals surface area contributed by atoms with Crippen molar-refractivity contribution in [3.8, 4) is 0 Å². The van der Waals surface area contributed by atoms with Gasteiger partial charge in [-0.15, -0.1) is 0 Å². The van der Waals surface area contributed by atoms with E-state index in [0.717, 1.165) is 18.7 Å². The molecule has 2 amide bonds. The van der Waals surface area contributed by atoms with Gasteiger partial charge in [0.15, 0.2) is 0 Å². The largest absolute Gasteiger partial charge is 0.355 e. The molecule has 4 heteroatoms. The van der Waals surface area contributed by atoms with E-state index in [1.165, 1.54) is 0 Å². The topological polar surface area (TPSA) is 58.2 Å². The van der Waals surface area contributed by atoms with Gasteiger partial charge in [-0.05, 0) is 25.0 Å². The normalized spacial score (nSPS) is 17.9. The summed E-state index contributed by atoms with van der Waals surface area (Å²) in [5.74, 6) is 0.276. The second kappa shape index (κ2) is 6.73. The quantitative estimate of drug-likeness (QED) is 0.606. The summed E-state index contributed by atoms with van der Waals surface area (Å²) in [6.45, 7) is 0.775. The molecule has 2 N–H and O–H groups in total. The molecule has 19 heavy (non-hydrogen) atoms. The highest BCUT2D eigenvalue weighted by Gasteiger charge is 2.25. The van der Waals surface area contributed by atoms with Crippen LogP contribution in [0, 0.1) is 5.92 Å². The van der Waals surface area contributed by atoms with E-state index in [9.17, 15) is 9.59 Å². The summed E-state index contributed by atoms with van der Waals surface area (Å²) in [4.78, 5) is 22.6. The minimum Gasteiger partial charge on any atom is -0.355 e. The van der Waals surface area contributed by atoms with Gasteiger partial charge in [0.25, 0.3) is 0 Å². The number of hydrogen-bond donors (Lipinski definition) is 2. The number of benzene rings is 1. The zero-order chi connectivity index (χ0) is 13.5.